The zero-order valence-corrected chi connectivity index (χ0v) is 11.8. The molecule has 108 valence electrons. The van der Waals surface area contributed by atoms with Crippen LogP contribution in [0.3, 0.4) is 0 Å². The molecule has 0 aliphatic rings. The Hall–Kier alpha value is -2.40. The van der Waals surface area contributed by atoms with Crippen LogP contribution in [0.15, 0.2) is 48.5 Å². The van der Waals surface area contributed by atoms with Gasteiger partial charge < -0.3 is 5.32 Å². The summed E-state index contributed by atoms with van der Waals surface area (Å²) >= 11 is 5.79. The zero-order chi connectivity index (χ0) is 15.2. The Morgan fingerprint density at radius 1 is 1.14 bits per heavy atom. The van der Waals surface area contributed by atoms with E-state index in [1.807, 2.05) is 12.1 Å². The minimum Gasteiger partial charge on any atom is -0.320 e. The van der Waals surface area contributed by atoms with Crippen LogP contribution >= 0.6 is 11.6 Å². The number of carbonyl (C=O) groups is 1. The Kier molecular flexibility index (Phi) is 4.90. The van der Waals surface area contributed by atoms with Crippen molar-refractivity contribution in [3.8, 4) is 0 Å². The van der Waals surface area contributed by atoms with Crippen LogP contribution in [-0.4, -0.2) is 10.8 Å². The van der Waals surface area contributed by atoms with E-state index in [9.17, 15) is 14.9 Å². The number of nitro groups is 1. The number of nitrogens with zero attached hydrogens (tertiary/aromatic N) is 1. The van der Waals surface area contributed by atoms with Crippen molar-refractivity contribution in [1.82, 2.24) is 0 Å². The molecule has 0 atom stereocenters. The van der Waals surface area contributed by atoms with Crippen LogP contribution in [0.4, 0.5) is 11.4 Å². The average Bonchev–Trinajstić information content (AvgIpc) is 2.47. The second-order valence-corrected chi connectivity index (χ2v) is 4.89. The maximum atomic E-state index is 11.9. The average molecular weight is 305 g/mol. The standard InChI is InChI=1S/C15H13ClN2O3/c16-12-8-5-11(6-9-12)7-10-15(19)17-13-3-1-2-4-14(13)18(20)21/h1-6,8-9H,7,10H2,(H,17,19). The highest BCUT2D eigenvalue weighted by molar-refractivity contribution is 6.30. The van der Waals surface area contributed by atoms with Crippen molar-refractivity contribution in [3.05, 3.63) is 69.2 Å². The predicted molar refractivity (Wildman–Crippen MR) is 81.5 cm³/mol. The van der Waals surface area contributed by atoms with Gasteiger partial charge in [-0.25, -0.2) is 0 Å². The van der Waals surface area contributed by atoms with Crippen molar-refractivity contribution in [1.29, 1.82) is 0 Å². The first-order valence-electron chi connectivity index (χ1n) is 6.34. The number of nitro benzene ring substituents is 1. The first kappa shape index (κ1) is 15.0. The Morgan fingerprint density at radius 3 is 2.48 bits per heavy atom. The summed E-state index contributed by atoms with van der Waals surface area (Å²) in [5.74, 6) is -0.265. The van der Waals surface area contributed by atoms with Crippen LogP contribution in [0.1, 0.15) is 12.0 Å². The summed E-state index contributed by atoms with van der Waals surface area (Å²) in [5, 5.41) is 14.1. The number of nitrogens with one attached hydrogen (secondary N) is 1. The Morgan fingerprint density at radius 2 is 1.81 bits per heavy atom. The molecule has 0 spiro atoms. The molecular weight excluding hydrogens is 292 g/mol. The van der Waals surface area contributed by atoms with Gasteiger partial charge in [0.2, 0.25) is 5.91 Å². The molecule has 1 N–H and O–H groups in total. The first-order valence-corrected chi connectivity index (χ1v) is 6.72. The highest BCUT2D eigenvalue weighted by Crippen LogP contribution is 2.23. The van der Waals surface area contributed by atoms with Gasteiger partial charge in [-0.15, -0.1) is 0 Å². The molecule has 0 saturated carbocycles. The minimum absolute atomic E-state index is 0.114. The topological polar surface area (TPSA) is 72.2 Å². The number of halogens is 1. The zero-order valence-electron chi connectivity index (χ0n) is 11.1. The summed E-state index contributed by atoms with van der Waals surface area (Å²) in [5.41, 5.74) is 1.08. The summed E-state index contributed by atoms with van der Waals surface area (Å²) < 4.78 is 0. The Bertz CT molecular complexity index is 656. The van der Waals surface area contributed by atoms with Gasteiger partial charge >= 0.3 is 0 Å². The molecule has 0 radical (unpaired) electrons. The number of carbonyl (C=O) groups excluding carboxylic acids is 1. The van der Waals surface area contributed by atoms with Crippen molar-refractivity contribution >= 4 is 28.9 Å². The lowest BCUT2D eigenvalue weighted by atomic mass is 10.1. The van der Waals surface area contributed by atoms with Crippen LogP contribution < -0.4 is 5.32 Å². The van der Waals surface area contributed by atoms with Crippen molar-refractivity contribution in [2.75, 3.05) is 5.32 Å². The van der Waals surface area contributed by atoms with Gasteiger partial charge in [-0.05, 0) is 30.2 Å². The summed E-state index contributed by atoms with van der Waals surface area (Å²) in [6, 6.07) is 13.3. The highest BCUT2D eigenvalue weighted by Gasteiger charge is 2.14. The van der Waals surface area contributed by atoms with Crippen molar-refractivity contribution in [2.24, 2.45) is 0 Å². The third-order valence-corrected chi connectivity index (χ3v) is 3.18. The van der Waals surface area contributed by atoms with Gasteiger partial charge in [0.1, 0.15) is 5.69 Å². The lowest BCUT2D eigenvalue weighted by molar-refractivity contribution is -0.383. The minimum atomic E-state index is -0.519. The van der Waals surface area contributed by atoms with Crippen LogP contribution in [0.2, 0.25) is 5.02 Å². The van der Waals surface area contributed by atoms with Crippen molar-refractivity contribution in [2.45, 2.75) is 12.8 Å². The van der Waals surface area contributed by atoms with Crippen molar-refractivity contribution in [3.63, 3.8) is 0 Å². The van der Waals surface area contributed by atoms with Crippen LogP contribution in [-0.2, 0) is 11.2 Å². The van der Waals surface area contributed by atoms with Gasteiger partial charge in [0, 0.05) is 17.5 Å². The highest BCUT2D eigenvalue weighted by atomic mass is 35.5. The largest absolute Gasteiger partial charge is 0.320 e. The van der Waals surface area contributed by atoms with Gasteiger partial charge in [0.05, 0.1) is 4.92 Å². The van der Waals surface area contributed by atoms with E-state index in [-0.39, 0.29) is 23.7 Å². The number of amides is 1. The molecule has 0 aliphatic carbocycles. The molecule has 2 aromatic rings. The number of hydrogen-bond acceptors (Lipinski definition) is 3. The van der Waals surface area contributed by atoms with E-state index < -0.39 is 4.92 Å². The van der Waals surface area contributed by atoms with E-state index in [4.69, 9.17) is 11.6 Å². The van der Waals surface area contributed by atoms with E-state index >= 15 is 0 Å². The Labute approximate surface area is 126 Å². The fraction of sp³-hybridized carbons (Fsp3) is 0.133. The molecule has 5 nitrogen and oxygen atoms in total. The molecule has 0 bridgehead atoms. The number of para-hydroxylation sites is 2. The molecule has 1 amide bonds. The first-order chi connectivity index (χ1) is 10.1. The van der Waals surface area contributed by atoms with Crippen LogP contribution in [0, 0.1) is 10.1 Å². The normalized spacial score (nSPS) is 10.1. The number of rotatable bonds is 5. The fourth-order valence-corrected chi connectivity index (χ4v) is 1.99. The summed E-state index contributed by atoms with van der Waals surface area (Å²) in [6.45, 7) is 0. The van der Waals surface area contributed by atoms with Crippen molar-refractivity contribution < 1.29 is 9.72 Å². The van der Waals surface area contributed by atoms with Gasteiger partial charge in [-0.3, -0.25) is 14.9 Å². The quantitative estimate of drug-likeness (QED) is 0.674. The number of anilines is 1. The number of aryl methyl sites for hydroxylation is 1. The van der Waals surface area contributed by atoms with E-state index in [1.54, 1.807) is 24.3 Å². The molecule has 2 rings (SSSR count). The van der Waals surface area contributed by atoms with Gasteiger partial charge in [-0.1, -0.05) is 35.9 Å². The van der Waals surface area contributed by atoms with E-state index in [0.29, 0.717) is 11.4 Å². The molecule has 0 fully saturated rings. The fourth-order valence-electron chi connectivity index (χ4n) is 1.86. The van der Waals surface area contributed by atoms with E-state index in [1.165, 1.54) is 12.1 Å². The summed E-state index contributed by atoms with van der Waals surface area (Å²) in [7, 11) is 0. The molecule has 0 unspecified atom stereocenters. The lowest BCUT2D eigenvalue weighted by Gasteiger charge is -2.06. The lowest BCUT2D eigenvalue weighted by Crippen LogP contribution is -2.13. The van der Waals surface area contributed by atoms with E-state index in [2.05, 4.69) is 5.32 Å². The number of benzene rings is 2. The second-order valence-electron chi connectivity index (χ2n) is 4.45. The maximum Gasteiger partial charge on any atom is 0.292 e. The smallest absolute Gasteiger partial charge is 0.292 e. The van der Waals surface area contributed by atoms with Gasteiger partial charge in [0.15, 0.2) is 0 Å². The molecule has 0 aromatic heterocycles. The molecule has 0 aliphatic heterocycles. The predicted octanol–water partition coefficient (Wildman–Crippen LogP) is 3.82. The van der Waals surface area contributed by atoms with Gasteiger partial charge in [0.25, 0.3) is 5.69 Å². The third-order valence-electron chi connectivity index (χ3n) is 2.93. The monoisotopic (exact) mass is 304 g/mol. The van der Waals surface area contributed by atoms with E-state index in [0.717, 1.165) is 5.56 Å². The molecular formula is C15H13ClN2O3. The molecule has 21 heavy (non-hydrogen) atoms. The Balaban J connectivity index is 1.96. The summed E-state index contributed by atoms with van der Waals surface area (Å²) in [4.78, 5) is 22.2. The molecule has 6 heteroatoms. The van der Waals surface area contributed by atoms with Gasteiger partial charge in [-0.2, -0.15) is 0 Å². The maximum absolute atomic E-state index is 11.9. The molecule has 0 saturated heterocycles. The van der Waals surface area contributed by atoms with Crippen LogP contribution in [0.5, 0.6) is 0 Å². The van der Waals surface area contributed by atoms with Crippen LogP contribution in [0.25, 0.3) is 0 Å². The third kappa shape index (κ3) is 4.29. The number of hydrogen-bond donors (Lipinski definition) is 1. The second kappa shape index (κ2) is 6.85. The molecule has 2 aromatic carbocycles. The summed E-state index contributed by atoms with van der Waals surface area (Å²) in [6.07, 6.45) is 0.789. The molecule has 0 heterocycles. The SMILES string of the molecule is O=C(CCc1ccc(Cl)cc1)Nc1ccccc1[N+](=O)[O-].